The average Bonchev–Trinajstić information content (AvgIpc) is 2.23. The monoisotopic (exact) mass is 324 g/mol. The third kappa shape index (κ3) is 6.00. The zero-order chi connectivity index (χ0) is 12.0. The standard InChI is InChI=1S/C11H14BrFN2O.ClH/c1-14-7-11(16)15-5-4-8-6-9(12)2-3-10(8)13;/h2-3,6,14H,4-5,7H2,1H3,(H,15,16);1H. The van der Waals surface area contributed by atoms with Gasteiger partial charge in [0.1, 0.15) is 5.82 Å². The summed E-state index contributed by atoms with van der Waals surface area (Å²) in [7, 11) is 1.70. The molecule has 0 aliphatic rings. The van der Waals surface area contributed by atoms with E-state index < -0.39 is 0 Å². The Bertz CT molecular complexity index is 376. The number of amides is 1. The highest BCUT2D eigenvalue weighted by Gasteiger charge is 2.03. The molecule has 6 heteroatoms. The first-order valence-electron chi connectivity index (χ1n) is 4.98. The summed E-state index contributed by atoms with van der Waals surface area (Å²) in [6.45, 7) is 0.717. The van der Waals surface area contributed by atoms with Gasteiger partial charge in [-0.2, -0.15) is 0 Å². The minimum Gasteiger partial charge on any atom is -0.355 e. The van der Waals surface area contributed by atoms with Crippen LogP contribution in [0.15, 0.2) is 22.7 Å². The third-order valence-electron chi connectivity index (χ3n) is 2.06. The number of carbonyl (C=O) groups is 1. The Morgan fingerprint density at radius 2 is 2.18 bits per heavy atom. The Hall–Kier alpha value is -0.650. The summed E-state index contributed by atoms with van der Waals surface area (Å²) in [6, 6.07) is 4.78. The van der Waals surface area contributed by atoms with E-state index in [2.05, 4.69) is 26.6 Å². The van der Waals surface area contributed by atoms with Crippen LogP contribution in [0.25, 0.3) is 0 Å². The van der Waals surface area contributed by atoms with Crippen LogP contribution >= 0.6 is 28.3 Å². The van der Waals surface area contributed by atoms with E-state index in [0.717, 1.165) is 4.47 Å². The van der Waals surface area contributed by atoms with E-state index >= 15 is 0 Å². The van der Waals surface area contributed by atoms with Crippen LogP contribution in [0.2, 0.25) is 0 Å². The summed E-state index contributed by atoms with van der Waals surface area (Å²) in [5.74, 6) is -0.330. The molecule has 96 valence electrons. The second-order valence-corrected chi connectivity index (χ2v) is 4.28. The zero-order valence-electron chi connectivity index (χ0n) is 9.43. The Balaban J connectivity index is 0.00000256. The molecule has 0 saturated carbocycles. The van der Waals surface area contributed by atoms with Crippen LogP contribution < -0.4 is 10.6 Å². The molecule has 0 atom stereocenters. The van der Waals surface area contributed by atoms with Crippen molar-refractivity contribution in [3.63, 3.8) is 0 Å². The van der Waals surface area contributed by atoms with Crippen molar-refractivity contribution in [1.82, 2.24) is 10.6 Å². The van der Waals surface area contributed by atoms with Crippen molar-refractivity contribution in [2.45, 2.75) is 6.42 Å². The highest BCUT2D eigenvalue weighted by molar-refractivity contribution is 9.10. The van der Waals surface area contributed by atoms with Gasteiger partial charge in [0, 0.05) is 11.0 Å². The van der Waals surface area contributed by atoms with Crippen molar-refractivity contribution in [1.29, 1.82) is 0 Å². The fourth-order valence-electron chi connectivity index (χ4n) is 1.29. The number of carbonyl (C=O) groups excluding carboxylic acids is 1. The quantitative estimate of drug-likeness (QED) is 0.868. The lowest BCUT2D eigenvalue weighted by Gasteiger charge is -2.06. The van der Waals surface area contributed by atoms with E-state index in [1.54, 1.807) is 19.2 Å². The van der Waals surface area contributed by atoms with Gasteiger partial charge in [0.2, 0.25) is 5.91 Å². The van der Waals surface area contributed by atoms with Crippen molar-refractivity contribution in [2.75, 3.05) is 20.1 Å². The van der Waals surface area contributed by atoms with Crippen molar-refractivity contribution in [3.05, 3.63) is 34.1 Å². The first kappa shape index (κ1) is 16.4. The van der Waals surface area contributed by atoms with Gasteiger partial charge in [-0.05, 0) is 37.2 Å². The molecule has 0 bridgehead atoms. The van der Waals surface area contributed by atoms with Crippen LogP contribution in [0.1, 0.15) is 5.56 Å². The van der Waals surface area contributed by atoms with Gasteiger partial charge in [0.05, 0.1) is 6.54 Å². The molecule has 0 aliphatic carbocycles. The summed E-state index contributed by atoms with van der Waals surface area (Å²) >= 11 is 3.28. The second kappa shape index (κ2) is 8.44. The second-order valence-electron chi connectivity index (χ2n) is 3.37. The van der Waals surface area contributed by atoms with E-state index in [-0.39, 0.29) is 30.7 Å². The van der Waals surface area contributed by atoms with Crippen LogP contribution in [0, 0.1) is 5.82 Å². The summed E-state index contributed by atoms with van der Waals surface area (Å²) in [5, 5.41) is 5.44. The molecule has 1 aromatic carbocycles. The topological polar surface area (TPSA) is 41.1 Å². The fourth-order valence-corrected chi connectivity index (χ4v) is 1.70. The number of benzene rings is 1. The van der Waals surface area contributed by atoms with E-state index in [1.165, 1.54) is 6.07 Å². The third-order valence-corrected chi connectivity index (χ3v) is 2.55. The van der Waals surface area contributed by atoms with E-state index in [4.69, 9.17) is 0 Å². The molecular formula is C11H15BrClFN2O. The maximum atomic E-state index is 13.3. The van der Waals surface area contributed by atoms with Gasteiger partial charge in [0.15, 0.2) is 0 Å². The molecule has 0 aliphatic heterocycles. The smallest absolute Gasteiger partial charge is 0.233 e. The van der Waals surface area contributed by atoms with Crippen molar-refractivity contribution in [2.24, 2.45) is 0 Å². The number of likely N-dealkylation sites (N-methyl/N-ethyl adjacent to an activating group) is 1. The number of hydrogen-bond acceptors (Lipinski definition) is 2. The Labute approximate surface area is 115 Å². The van der Waals surface area contributed by atoms with Gasteiger partial charge < -0.3 is 10.6 Å². The van der Waals surface area contributed by atoms with Crippen molar-refractivity contribution in [3.8, 4) is 0 Å². The first-order chi connectivity index (χ1) is 7.63. The zero-order valence-corrected chi connectivity index (χ0v) is 11.8. The molecule has 0 heterocycles. The lowest BCUT2D eigenvalue weighted by Crippen LogP contribution is -2.33. The normalized spacial score (nSPS) is 9.59. The summed E-state index contributed by atoms with van der Waals surface area (Å²) in [4.78, 5) is 11.1. The molecular weight excluding hydrogens is 310 g/mol. The molecule has 0 aromatic heterocycles. The van der Waals surface area contributed by atoms with Gasteiger partial charge in [-0.1, -0.05) is 15.9 Å². The van der Waals surface area contributed by atoms with Gasteiger partial charge in [-0.25, -0.2) is 4.39 Å². The van der Waals surface area contributed by atoms with Crippen LogP contribution in [0.5, 0.6) is 0 Å². The fraction of sp³-hybridized carbons (Fsp3) is 0.364. The predicted molar refractivity (Wildman–Crippen MR) is 72.0 cm³/mol. The molecule has 1 rings (SSSR count). The number of rotatable bonds is 5. The van der Waals surface area contributed by atoms with Gasteiger partial charge in [-0.3, -0.25) is 4.79 Å². The minimum atomic E-state index is -0.244. The molecule has 17 heavy (non-hydrogen) atoms. The van der Waals surface area contributed by atoms with E-state index in [0.29, 0.717) is 18.5 Å². The van der Waals surface area contributed by atoms with Crippen molar-refractivity contribution >= 4 is 34.2 Å². The van der Waals surface area contributed by atoms with Crippen molar-refractivity contribution < 1.29 is 9.18 Å². The molecule has 3 nitrogen and oxygen atoms in total. The predicted octanol–water partition coefficient (Wildman–Crippen LogP) is 1.89. The van der Waals surface area contributed by atoms with Gasteiger partial charge >= 0.3 is 0 Å². The lowest BCUT2D eigenvalue weighted by atomic mass is 10.1. The molecule has 1 aromatic rings. The molecule has 0 radical (unpaired) electrons. The molecule has 0 spiro atoms. The van der Waals surface area contributed by atoms with Crippen LogP contribution in [0.4, 0.5) is 4.39 Å². The maximum absolute atomic E-state index is 13.3. The Morgan fingerprint density at radius 1 is 1.47 bits per heavy atom. The summed E-state index contributed by atoms with van der Waals surface area (Å²) < 4.78 is 14.1. The van der Waals surface area contributed by atoms with E-state index in [9.17, 15) is 9.18 Å². The number of hydrogen-bond donors (Lipinski definition) is 2. The van der Waals surface area contributed by atoms with E-state index in [1.807, 2.05) is 0 Å². The average molecular weight is 326 g/mol. The molecule has 0 unspecified atom stereocenters. The van der Waals surface area contributed by atoms with Crippen LogP contribution in [-0.4, -0.2) is 26.0 Å². The highest BCUT2D eigenvalue weighted by Crippen LogP contribution is 2.15. The molecule has 0 fully saturated rings. The highest BCUT2D eigenvalue weighted by atomic mass is 79.9. The van der Waals surface area contributed by atoms with Crippen LogP contribution in [-0.2, 0) is 11.2 Å². The van der Waals surface area contributed by atoms with Gasteiger partial charge in [0.25, 0.3) is 0 Å². The number of halogens is 3. The molecule has 1 amide bonds. The Kier molecular flexibility index (Phi) is 8.12. The minimum absolute atomic E-state index is 0. The summed E-state index contributed by atoms with van der Waals surface area (Å²) in [5.41, 5.74) is 0.596. The molecule has 0 saturated heterocycles. The SMILES string of the molecule is CNCC(=O)NCCc1cc(Br)ccc1F.Cl. The van der Waals surface area contributed by atoms with Crippen LogP contribution in [0.3, 0.4) is 0 Å². The maximum Gasteiger partial charge on any atom is 0.233 e. The summed E-state index contributed by atoms with van der Waals surface area (Å²) in [6.07, 6.45) is 0.487. The largest absolute Gasteiger partial charge is 0.355 e. The van der Waals surface area contributed by atoms with Gasteiger partial charge in [-0.15, -0.1) is 12.4 Å². The first-order valence-corrected chi connectivity index (χ1v) is 5.78. The number of nitrogens with one attached hydrogen (secondary N) is 2. The Morgan fingerprint density at radius 3 is 2.82 bits per heavy atom. The molecule has 2 N–H and O–H groups in total. The lowest BCUT2D eigenvalue weighted by molar-refractivity contribution is -0.120.